The van der Waals surface area contributed by atoms with Crippen LogP contribution in [0, 0.1) is 5.41 Å². The smallest absolute Gasteiger partial charge is 0.416 e. The minimum Gasteiger partial charge on any atom is -0.489 e. The van der Waals surface area contributed by atoms with E-state index in [0.29, 0.717) is 17.5 Å². The molecule has 0 aromatic heterocycles. The molecule has 2 aromatic carbocycles. The van der Waals surface area contributed by atoms with Crippen LogP contribution < -0.4 is 9.64 Å². The zero-order valence-corrected chi connectivity index (χ0v) is 12.8. The van der Waals surface area contributed by atoms with Crippen molar-refractivity contribution in [3.63, 3.8) is 0 Å². The molecule has 0 aliphatic rings. The Morgan fingerprint density at radius 3 is 2.58 bits per heavy atom. The quantitative estimate of drug-likeness (QED) is 0.842. The number of carbonyl (C=O) groups is 1. The Bertz CT molecular complexity index is 745. The lowest BCUT2D eigenvalue weighted by Crippen LogP contribution is -2.27. The predicted octanol–water partition coefficient (Wildman–Crippen LogP) is 3.90. The number of anilines is 1. The molecule has 0 saturated carbocycles. The lowest BCUT2D eigenvalue weighted by molar-refractivity contribution is -0.137. The molecule has 0 radical (unpaired) electrons. The van der Waals surface area contributed by atoms with E-state index in [4.69, 9.17) is 10.1 Å². The summed E-state index contributed by atoms with van der Waals surface area (Å²) in [6, 6.07) is 11.4. The van der Waals surface area contributed by atoms with Crippen LogP contribution in [-0.2, 0) is 17.6 Å². The van der Waals surface area contributed by atoms with Crippen LogP contribution in [0.3, 0.4) is 0 Å². The van der Waals surface area contributed by atoms with Crippen molar-refractivity contribution in [2.75, 3.05) is 11.9 Å². The van der Waals surface area contributed by atoms with E-state index >= 15 is 0 Å². The third-order valence-electron chi connectivity index (χ3n) is 3.36. The molecule has 24 heavy (non-hydrogen) atoms. The summed E-state index contributed by atoms with van der Waals surface area (Å²) in [5.74, 6) is -0.429. The van der Waals surface area contributed by atoms with Gasteiger partial charge in [0.05, 0.1) is 17.5 Å². The first-order chi connectivity index (χ1) is 11.3. The van der Waals surface area contributed by atoms with Gasteiger partial charge < -0.3 is 15.0 Å². The molecule has 1 amide bonds. The molecule has 0 bridgehead atoms. The second kappa shape index (κ2) is 7.16. The zero-order valence-electron chi connectivity index (χ0n) is 12.8. The maximum absolute atomic E-state index is 12.7. The van der Waals surface area contributed by atoms with E-state index in [1.165, 1.54) is 24.1 Å². The van der Waals surface area contributed by atoms with Crippen molar-refractivity contribution in [1.29, 1.82) is 5.41 Å². The molecule has 2 rings (SSSR count). The van der Waals surface area contributed by atoms with Crippen molar-refractivity contribution in [3.8, 4) is 5.75 Å². The highest BCUT2D eigenvalue weighted by Gasteiger charge is 2.30. The van der Waals surface area contributed by atoms with Crippen molar-refractivity contribution >= 4 is 17.8 Å². The molecular weight excluding hydrogens is 321 g/mol. The summed E-state index contributed by atoms with van der Waals surface area (Å²) in [7, 11) is 1.51. The van der Waals surface area contributed by atoms with Gasteiger partial charge >= 0.3 is 6.18 Å². The number of nitrogens with zero attached hydrogens (tertiary/aromatic N) is 1. The highest BCUT2D eigenvalue weighted by molar-refractivity contribution is 6.31. The Morgan fingerprint density at radius 1 is 1.21 bits per heavy atom. The number of para-hydroxylation sites is 1. The Kier molecular flexibility index (Phi) is 5.23. The largest absolute Gasteiger partial charge is 0.489 e. The normalized spacial score (nSPS) is 11.0. The van der Waals surface area contributed by atoms with E-state index in [0.717, 1.165) is 12.1 Å². The van der Waals surface area contributed by atoms with E-state index in [1.54, 1.807) is 24.3 Å². The minimum absolute atomic E-state index is 0.00684. The van der Waals surface area contributed by atoms with Gasteiger partial charge in [-0.3, -0.25) is 4.79 Å². The molecular formula is C17H15F3N2O2. The molecule has 0 heterocycles. The van der Waals surface area contributed by atoms with E-state index in [-0.39, 0.29) is 12.4 Å². The van der Waals surface area contributed by atoms with Crippen LogP contribution in [0.2, 0.25) is 0 Å². The number of benzene rings is 2. The third-order valence-corrected chi connectivity index (χ3v) is 3.36. The maximum atomic E-state index is 12.7. The van der Waals surface area contributed by atoms with E-state index in [2.05, 4.69) is 0 Å². The average Bonchev–Trinajstić information content (AvgIpc) is 2.58. The van der Waals surface area contributed by atoms with E-state index in [9.17, 15) is 18.0 Å². The van der Waals surface area contributed by atoms with Gasteiger partial charge in [-0.2, -0.15) is 13.2 Å². The molecule has 0 aliphatic carbocycles. The lowest BCUT2D eigenvalue weighted by Gasteiger charge is -2.19. The summed E-state index contributed by atoms with van der Waals surface area (Å²) >= 11 is 0. The highest BCUT2D eigenvalue weighted by atomic mass is 19.4. The van der Waals surface area contributed by atoms with Crippen molar-refractivity contribution in [3.05, 3.63) is 59.7 Å². The second-order valence-corrected chi connectivity index (χ2v) is 4.98. The maximum Gasteiger partial charge on any atom is 0.416 e. The van der Waals surface area contributed by atoms with Crippen molar-refractivity contribution in [2.24, 2.45) is 0 Å². The molecule has 126 valence electrons. The van der Waals surface area contributed by atoms with Gasteiger partial charge in [0.2, 0.25) is 0 Å². The topological polar surface area (TPSA) is 53.4 Å². The van der Waals surface area contributed by atoms with Gasteiger partial charge in [-0.05, 0) is 24.3 Å². The number of alkyl halides is 3. The van der Waals surface area contributed by atoms with Crippen LogP contribution in [-0.4, -0.2) is 19.2 Å². The SMILES string of the molecule is CN(C(=O)C=N)c1ccccc1COc1cccc(C(F)(F)F)c1. The summed E-state index contributed by atoms with van der Waals surface area (Å²) in [5, 5.41) is 7.02. The fraction of sp³-hybridized carbons (Fsp3) is 0.176. The first-order valence-corrected chi connectivity index (χ1v) is 6.99. The summed E-state index contributed by atoms with van der Waals surface area (Å²) in [4.78, 5) is 12.9. The van der Waals surface area contributed by atoms with Crippen molar-refractivity contribution < 1.29 is 22.7 Å². The molecule has 0 atom stereocenters. The van der Waals surface area contributed by atoms with Crippen LogP contribution >= 0.6 is 0 Å². The van der Waals surface area contributed by atoms with E-state index in [1.807, 2.05) is 0 Å². The predicted molar refractivity (Wildman–Crippen MR) is 84.4 cm³/mol. The van der Waals surface area contributed by atoms with Crippen LogP contribution in [0.4, 0.5) is 18.9 Å². The molecule has 0 aliphatic heterocycles. The molecule has 2 aromatic rings. The fourth-order valence-corrected chi connectivity index (χ4v) is 2.10. The molecule has 1 N–H and O–H groups in total. The van der Waals surface area contributed by atoms with Crippen molar-refractivity contribution in [1.82, 2.24) is 0 Å². The number of ether oxygens (including phenoxy) is 1. The van der Waals surface area contributed by atoms with Gasteiger partial charge in [-0.1, -0.05) is 24.3 Å². The number of rotatable bonds is 5. The third kappa shape index (κ3) is 4.13. The van der Waals surface area contributed by atoms with E-state index < -0.39 is 17.6 Å². The number of nitrogens with one attached hydrogen (secondary N) is 1. The molecule has 0 unspecified atom stereocenters. The first kappa shape index (κ1) is 17.5. The summed E-state index contributed by atoms with van der Waals surface area (Å²) in [6.07, 6.45) is -3.75. The van der Waals surface area contributed by atoms with Crippen molar-refractivity contribution in [2.45, 2.75) is 12.8 Å². The Balaban J connectivity index is 2.19. The number of hydrogen-bond acceptors (Lipinski definition) is 3. The van der Waals surface area contributed by atoms with Crippen LogP contribution in [0.15, 0.2) is 48.5 Å². The van der Waals surface area contributed by atoms with Gasteiger partial charge in [-0.25, -0.2) is 0 Å². The minimum atomic E-state index is -4.44. The molecule has 7 heteroatoms. The number of amides is 1. The van der Waals surface area contributed by atoms with Gasteiger partial charge in [0, 0.05) is 12.6 Å². The molecule has 0 saturated heterocycles. The molecule has 0 spiro atoms. The lowest BCUT2D eigenvalue weighted by atomic mass is 10.1. The number of carbonyl (C=O) groups excluding carboxylic acids is 1. The fourth-order valence-electron chi connectivity index (χ4n) is 2.10. The Morgan fingerprint density at radius 2 is 1.92 bits per heavy atom. The Hall–Kier alpha value is -2.83. The summed E-state index contributed by atoms with van der Waals surface area (Å²) < 4.78 is 43.6. The standard InChI is InChI=1S/C17H15F3N2O2/c1-22(16(23)10-21)15-8-3-2-5-12(15)11-24-14-7-4-6-13(9-14)17(18,19)20/h2-10,21H,11H2,1H3. The first-order valence-electron chi connectivity index (χ1n) is 6.99. The summed E-state index contributed by atoms with van der Waals surface area (Å²) in [6.45, 7) is -0.00684. The van der Waals surface area contributed by atoms with Gasteiger partial charge in [0.15, 0.2) is 0 Å². The Labute approximate surface area is 137 Å². The highest BCUT2D eigenvalue weighted by Crippen LogP contribution is 2.31. The van der Waals surface area contributed by atoms with Crippen LogP contribution in [0.5, 0.6) is 5.75 Å². The number of halogens is 3. The van der Waals surface area contributed by atoms with Gasteiger partial charge in [0.1, 0.15) is 12.4 Å². The monoisotopic (exact) mass is 336 g/mol. The summed E-state index contributed by atoms with van der Waals surface area (Å²) in [5.41, 5.74) is 0.356. The van der Waals surface area contributed by atoms with Gasteiger partial charge in [-0.15, -0.1) is 0 Å². The molecule has 4 nitrogen and oxygen atoms in total. The second-order valence-electron chi connectivity index (χ2n) is 4.98. The van der Waals surface area contributed by atoms with Gasteiger partial charge in [0.25, 0.3) is 5.91 Å². The van der Waals surface area contributed by atoms with Crippen LogP contribution in [0.1, 0.15) is 11.1 Å². The zero-order chi connectivity index (χ0) is 17.7. The average molecular weight is 336 g/mol. The van der Waals surface area contributed by atoms with Crippen LogP contribution in [0.25, 0.3) is 0 Å². The molecule has 0 fully saturated rings. The number of hydrogen-bond donors (Lipinski definition) is 1.